The Morgan fingerprint density at radius 3 is 2.45 bits per heavy atom. The Balaban J connectivity index is 2.28. The molecule has 0 amide bonds. The van der Waals surface area contributed by atoms with Gasteiger partial charge in [0, 0.05) is 12.1 Å². The molecule has 0 aromatic heterocycles. The molecule has 1 aromatic rings. The maximum absolute atomic E-state index is 12.7. The Morgan fingerprint density at radius 2 is 1.91 bits per heavy atom. The third-order valence-electron chi connectivity index (χ3n) is 3.53. The van der Waals surface area contributed by atoms with Gasteiger partial charge in [0.25, 0.3) is 0 Å². The van der Waals surface area contributed by atoms with Crippen molar-refractivity contribution in [1.29, 1.82) is 0 Å². The first-order valence-corrected chi connectivity index (χ1v) is 8.54. The highest BCUT2D eigenvalue weighted by atomic mass is 32.2. The summed E-state index contributed by atoms with van der Waals surface area (Å²) in [6.07, 6.45) is 5.85. The fourth-order valence-electron chi connectivity index (χ4n) is 2.42. The molecule has 0 saturated carbocycles. The van der Waals surface area contributed by atoms with Gasteiger partial charge >= 0.3 is 0 Å². The summed E-state index contributed by atoms with van der Waals surface area (Å²) in [5.41, 5.74) is 1.79. The van der Waals surface area contributed by atoms with Gasteiger partial charge in [0.05, 0.1) is 10.8 Å². The van der Waals surface area contributed by atoms with Crippen molar-refractivity contribution < 1.29 is 9.00 Å². The van der Waals surface area contributed by atoms with Crippen LogP contribution in [0.25, 0.3) is 6.08 Å². The highest BCUT2D eigenvalue weighted by Gasteiger charge is 2.36. The lowest BCUT2D eigenvalue weighted by Crippen LogP contribution is -2.41. The smallest absolute Gasteiger partial charge is 0.157 e. The molecular weight excluding hydrogens is 294 g/mol. The first-order chi connectivity index (χ1) is 10.3. The molecule has 0 fully saturated rings. The SMILES string of the molecule is CC(=O)C1=CCN([S@@](=O)C(C)(C)C)[C@H]1/C=C/c1ccccc1. The Bertz CT molecular complexity index is 626. The molecular formula is C18H23NO2S. The number of carbonyl (C=O) groups is 1. The molecule has 1 aliphatic heterocycles. The average molecular weight is 317 g/mol. The molecule has 118 valence electrons. The summed E-state index contributed by atoms with van der Waals surface area (Å²) in [7, 11) is -1.16. The molecule has 2 rings (SSSR count). The van der Waals surface area contributed by atoms with Crippen molar-refractivity contribution >= 4 is 22.8 Å². The van der Waals surface area contributed by atoms with Crippen LogP contribution in [0.4, 0.5) is 0 Å². The van der Waals surface area contributed by atoms with Gasteiger partial charge in [-0.1, -0.05) is 48.6 Å². The van der Waals surface area contributed by atoms with Gasteiger partial charge in [0.1, 0.15) is 11.0 Å². The van der Waals surface area contributed by atoms with Crippen LogP contribution in [-0.4, -0.2) is 31.6 Å². The van der Waals surface area contributed by atoms with E-state index in [0.717, 1.165) is 11.1 Å². The first kappa shape index (κ1) is 16.8. The van der Waals surface area contributed by atoms with Gasteiger partial charge in [0.2, 0.25) is 0 Å². The van der Waals surface area contributed by atoms with E-state index in [0.29, 0.717) is 6.54 Å². The van der Waals surface area contributed by atoms with Gasteiger partial charge < -0.3 is 0 Å². The number of rotatable bonds is 4. The zero-order valence-corrected chi connectivity index (χ0v) is 14.4. The zero-order chi connectivity index (χ0) is 16.3. The lowest BCUT2D eigenvalue weighted by atomic mass is 10.0. The van der Waals surface area contributed by atoms with Crippen LogP contribution in [0.15, 0.2) is 48.1 Å². The van der Waals surface area contributed by atoms with Crippen molar-refractivity contribution in [2.75, 3.05) is 6.54 Å². The van der Waals surface area contributed by atoms with E-state index < -0.39 is 11.0 Å². The minimum absolute atomic E-state index is 0.0381. The van der Waals surface area contributed by atoms with Crippen molar-refractivity contribution in [1.82, 2.24) is 4.31 Å². The van der Waals surface area contributed by atoms with E-state index in [1.54, 1.807) is 6.92 Å². The van der Waals surface area contributed by atoms with E-state index in [2.05, 4.69) is 0 Å². The number of hydrogen-bond acceptors (Lipinski definition) is 2. The van der Waals surface area contributed by atoms with Crippen LogP contribution in [0.1, 0.15) is 33.3 Å². The molecule has 2 atom stereocenters. The standard InChI is InChI=1S/C18H23NO2S/c1-14(20)16-12-13-19(22(21)18(2,3)4)17(16)11-10-15-8-6-5-7-9-15/h5-12,17H,13H2,1-4H3/b11-10+/t17-,22-/m0/s1. The highest BCUT2D eigenvalue weighted by molar-refractivity contribution is 7.84. The second-order valence-electron chi connectivity index (χ2n) is 6.39. The van der Waals surface area contributed by atoms with Crippen LogP contribution in [0, 0.1) is 0 Å². The largest absolute Gasteiger partial charge is 0.295 e. The lowest BCUT2D eigenvalue weighted by molar-refractivity contribution is -0.113. The van der Waals surface area contributed by atoms with E-state index in [-0.39, 0.29) is 16.6 Å². The fraction of sp³-hybridized carbons (Fsp3) is 0.389. The minimum atomic E-state index is -1.16. The normalized spacial score (nSPS) is 21.1. The van der Waals surface area contributed by atoms with Crippen LogP contribution in [0.5, 0.6) is 0 Å². The second-order valence-corrected chi connectivity index (χ2v) is 8.58. The fourth-order valence-corrected chi connectivity index (χ4v) is 3.72. The van der Waals surface area contributed by atoms with Gasteiger partial charge in [-0.3, -0.25) is 4.79 Å². The highest BCUT2D eigenvalue weighted by Crippen LogP contribution is 2.27. The van der Waals surface area contributed by atoms with Gasteiger partial charge in [-0.15, -0.1) is 0 Å². The summed E-state index contributed by atoms with van der Waals surface area (Å²) >= 11 is 0. The van der Waals surface area contributed by atoms with Gasteiger partial charge in [0.15, 0.2) is 5.78 Å². The maximum atomic E-state index is 12.7. The third kappa shape index (κ3) is 3.81. The van der Waals surface area contributed by atoms with Crippen LogP contribution in [0.3, 0.4) is 0 Å². The van der Waals surface area contributed by atoms with Crippen molar-refractivity contribution in [2.45, 2.75) is 38.5 Å². The molecule has 1 aliphatic rings. The van der Waals surface area contributed by atoms with Gasteiger partial charge in [-0.05, 0) is 33.3 Å². The Kier molecular flexibility index (Phi) is 5.14. The minimum Gasteiger partial charge on any atom is -0.295 e. The Labute approximate surface area is 135 Å². The van der Waals surface area contributed by atoms with Crippen LogP contribution < -0.4 is 0 Å². The van der Waals surface area contributed by atoms with Crippen molar-refractivity contribution in [3.8, 4) is 0 Å². The van der Waals surface area contributed by atoms with Crippen molar-refractivity contribution in [2.24, 2.45) is 0 Å². The molecule has 0 bridgehead atoms. The maximum Gasteiger partial charge on any atom is 0.157 e. The number of ketones is 1. The number of nitrogens with zero attached hydrogens (tertiary/aromatic N) is 1. The molecule has 0 radical (unpaired) electrons. The predicted octanol–water partition coefficient (Wildman–Crippen LogP) is 3.36. The van der Waals surface area contributed by atoms with Gasteiger partial charge in [-0.25, -0.2) is 8.51 Å². The predicted molar refractivity (Wildman–Crippen MR) is 92.6 cm³/mol. The number of benzene rings is 1. The summed E-state index contributed by atoms with van der Waals surface area (Å²) in [4.78, 5) is 11.9. The average Bonchev–Trinajstić information content (AvgIpc) is 2.88. The summed E-state index contributed by atoms with van der Waals surface area (Å²) in [6, 6.07) is 9.70. The molecule has 0 spiro atoms. The zero-order valence-electron chi connectivity index (χ0n) is 13.6. The first-order valence-electron chi connectivity index (χ1n) is 7.43. The summed E-state index contributed by atoms with van der Waals surface area (Å²) in [5.74, 6) is 0.0381. The molecule has 1 heterocycles. The van der Waals surface area contributed by atoms with E-state index in [4.69, 9.17) is 0 Å². The molecule has 0 aliphatic carbocycles. The van der Waals surface area contributed by atoms with Crippen molar-refractivity contribution in [3.63, 3.8) is 0 Å². The number of carbonyl (C=O) groups excluding carboxylic acids is 1. The Morgan fingerprint density at radius 1 is 1.27 bits per heavy atom. The van der Waals surface area contributed by atoms with E-state index in [1.807, 2.05) is 73.6 Å². The molecule has 1 aromatic carbocycles. The molecule has 0 unspecified atom stereocenters. The summed E-state index contributed by atoms with van der Waals surface area (Å²) < 4.78 is 14.3. The summed E-state index contributed by atoms with van der Waals surface area (Å²) in [5, 5.41) is 0. The van der Waals surface area contributed by atoms with Crippen LogP contribution in [-0.2, 0) is 15.8 Å². The molecule has 4 heteroatoms. The number of Topliss-reactive ketones (excluding diaryl/α,β-unsaturated/α-hetero) is 1. The lowest BCUT2D eigenvalue weighted by Gasteiger charge is -2.29. The molecule has 22 heavy (non-hydrogen) atoms. The van der Waals surface area contributed by atoms with E-state index >= 15 is 0 Å². The monoisotopic (exact) mass is 317 g/mol. The van der Waals surface area contributed by atoms with Crippen molar-refractivity contribution in [3.05, 3.63) is 53.6 Å². The molecule has 3 nitrogen and oxygen atoms in total. The Hall–Kier alpha value is -1.52. The quantitative estimate of drug-likeness (QED) is 0.854. The third-order valence-corrected chi connectivity index (χ3v) is 5.38. The second kappa shape index (κ2) is 6.71. The topological polar surface area (TPSA) is 37.4 Å². The molecule has 0 N–H and O–H groups in total. The summed E-state index contributed by atoms with van der Waals surface area (Å²) in [6.45, 7) is 7.97. The van der Waals surface area contributed by atoms with Crippen LogP contribution in [0.2, 0.25) is 0 Å². The number of hydrogen-bond donors (Lipinski definition) is 0. The van der Waals surface area contributed by atoms with E-state index in [1.165, 1.54) is 0 Å². The van der Waals surface area contributed by atoms with Gasteiger partial charge in [-0.2, -0.15) is 0 Å². The van der Waals surface area contributed by atoms with E-state index in [9.17, 15) is 9.00 Å². The van der Waals surface area contributed by atoms with Crippen LogP contribution >= 0.6 is 0 Å². The molecule has 0 saturated heterocycles.